The van der Waals surface area contributed by atoms with E-state index in [1.807, 2.05) is 6.92 Å². The molecule has 3 aliphatic heterocycles. The minimum atomic E-state index is -1.03. The van der Waals surface area contributed by atoms with Gasteiger partial charge < -0.3 is 23.7 Å². The summed E-state index contributed by atoms with van der Waals surface area (Å²) in [6.45, 7) is 3.66. The number of hydrogen-bond donors (Lipinski definition) is 0. The third-order valence-corrected chi connectivity index (χ3v) is 5.55. The minimum Gasteiger partial charge on any atom is -0.454 e. The molecule has 1 aliphatic carbocycles. The highest BCUT2D eigenvalue weighted by Crippen LogP contribution is 2.48. The molecule has 7 nitrogen and oxygen atoms in total. The Bertz CT molecular complexity index is 527. The van der Waals surface area contributed by atoms with Crippen LogP contribution in [0.4, 0.5) is 0 Å². The molecule has 0 aromatic rings. The van der Waals surface area contributed by atoms with Gasteiger partial charge in [-0.1, -0.05) is 20.3 Å². The molecule has 4 fully saturated rings. The topological polar surface area (TPSA) is 80.3 Å². The normalized spacial score (nSPS) is 40.9. The van der Waals surface area contributed by atoms with Crippen molar-refractivity contribution in [2.75, 3.05) is 0 Å². The quantitative estimate of drug-likeness (QED) is 0.723. The monoisotopic (exact) mass is 340 g/mol. The van der Waals surface area contributed by atoms with Gasteiger partial charge in [0.25, 0.3) is 0 Å². The lowest BCUT2D eigenvalue weighted by molar-refractivity contribution is -0.246. The van der Waals surface area contributed by atoms with Crippen LogP contribution in [-0.2, 0) is 33.3 Å². The number of esters is 2. The van der Waals surface area contributed by atoms with Gasteiger partial charge in [0, 0.05) is 12.8 Å². The molecule has 0 aromatic heterocycles. The second-order valence-electron chi connectivity index (χ2n) is 7.21. The minimum absolute atomic E-state index is 0.268. The van der Waals surface area contributed by atoms with Crippen LogP contribution in [0.25, 0.3) is 0 Å². The van der Waals surface area contributed by atoms with Gasteiger partial charge in [0.15, 0.2) is 24.3 Å². The highest BCUT2D eigenvalue weighted by molar-refractivity contribution is 5.82. The first-order valence-electron chi connectivity index (χ1n) is 8.95. The Morgan fingerprint density at radius 3 is 2.67 bits per heavy atom. The predicted octanol–water partition coefficient (Wildman–Crippen LogP) is 1.67. The van der Waals surface area contributed by atoms with Crippen LogP contribution in [0.1, 0.15) is 52.4 Å². The van der Waals surface area contributed by atoms with Gasteiger partial charge in [-0.2, -0.15) is 0 Å². The van der Waals surface area contributed by atoms with Gasteiger partial charge in [-0.25, -0.2) is 4.79 Å². The van der Waals surface area contributed by atoms with Crippen molar-refractivity contribution in [3.8, 4) is 0 Å². The third kappa shape index (κ3) is 2.53. The van der Waals surface area contributed by atoms with Gasteiger partial charge in [0.2, 0.25) is 6.10 Å². The number of ether oxygens (including phenoxy) is 5. The van der Waals surface area contributed by atoms with Crippen LogP contribution in [0.5, 0.6) is 0 Å². The van der Waals surface area contributed by atoms with Gasteiger partial charge in [-0.3, -0.25) is 4.79 Å². The molecule has 3 heterocycles. The Hall–Kier alpha value is -1.18. The summed E-state index contributed by atoms with van der Waals surface area (Å²) in [5, 5.41) is 0. The maximum absolute atomic E-state index is 12.1. The number of hydrogen-bond acceptors (Lipinski definition) is 7. The second kappa shape index (κ2) is 5.97. The zero-order valence-electron chi connectivity index (χ0n) is 14.1. The number of carbonyl (C=O) groups excluding carboxylic acids is 2. The average molecular weight is 340 g/mol. The van der Waals surface area contributed by atoms with Crippen molar-refractivity contribution < 1.29 is 33.3 Å². The van der Waals surface area contributed by atoms with Gasteiger partial charge in [0.1, 0.15) is 6.10 Å². The van der Waals surface area contributed by atoms with E-state index in [0.717, 1.165) is 25.7 Å². The van der Waals surface area contributed by atoms with Crippen molar-refractivity contribution >= 4 is 11.9 Å². The van der Waals surface area contributed by atoms with E-state index in [0.29, 0.717) is 6.42 Å². The molecule has 6 atom stereocenters. The van der Waals surface area contributed by atoms with Gasteiger partial charge in [0.05, 0.1) is 5.92 Å². The summed E-state index contributed by atoms with van der Waals surface area (Å²) < 4.78 is 28.8. The fourth-order valence-electron chi connectivity index (χ4n) is 3.92. The van der Waals surface area contributed by atoms with Crippen LogP contribution in [-0.4, -0.2) is 48.4 Å². The van der Waals surface area contributed by atoms with Gasteiger partial charge >= 0.3 is 11.9 Å². The Morgan fingerprint density at radius 1 is 1.21 bits per heavy atom. The SMILES string of the molecule is CCC(C)C(=O)OC1C(=O)O[C@@H]2[C@H]3OC4(CCCCC4)O[C@H]3O[C@H]12. The molecule has 1 spiro atoms. The van der Waals surface area contributed by atoms with E-state index in [2.05, 4.69) is 0 Å². The van der Waals surface area contributed by atoms with Crippen LogP contribution < -0.4 is 0 Å². The van der Waals surface area contributed by atoms with E-state index < -0.39 is 48.4 Å². The molecule has 7 heteroatoms. The summed E-state index contributed by atoms with van der Waals surface area (Å²) in [5.74, 6) is -1.84. The van der Waals surface area contributed by atoms with E-state index >= 15 is 0 Å². The Labute approximate surface area is 140 Å². The Morgan fingerprint density at radius 2 is 1.96 bits per heavy atom. The van der Waals surface area contributed by atoms with E-state index in [-0.39, 0.29) is 5.92 Å². The smallest absolute Gasteiger partial charge is 0.350 e. The first-order valence-corrected chi connectivity index (χ1v) is 8.95. The molecular weight excluding hydrogens is 316 g/mol. The summed E-state index contributed by atoms with van der Waals surface area (Å²) in [6, 6.07) is 0. The molecule has 0 aromatic carbocycles. The number of carbonyl (C=O) groups is 2. The Kier molecular flexibility index (Phi) is 4.05. The maximum atomic E-state index is 12.1. The van der Waals surface area contributed by atoms with Crippen molar-refractivity contribution in [1.82, 2.24) is 0 Å². The third-order valence-electron chi connectivity index (χ3n) is 5.55. The van der Waals surface area contributed by atoms with Gasteiger partial charge in [-0.15, -0.1) is 0 Å². The summed E-state index contributed by atoms with van der Waals surface area (Å²) in [6.07, 6.45) is 2.36. The van der Waals surface area contributed by atoms with Crippen molar-refractivity contribution in [2.45, 2.75) is 88.9 Å². The van der Waals surface area contributed by atoms with E-state index in [9.17, 15) is 9.59 Å². The lowest BCUT2D eigenvalue weighted by Crippen LogP contribution is -2.40. The molecule has 0 radical (unpaired) electrons. The van der Waals surface area contributed by atoms with Gasteiger partial charge in [-0.05, 0) is 19.3 Å². The van der Waals surface area contributed by atoms with Crippen molar-refractivity contribution in [2.24, 2.45) is 5.92 Å². The molecule has 0 amide bonds. The highest BCUT2D eigenvalue weighted by Gasteiger charge is 2.65. The van der Waals surface area contributed by atoms with Crippen LogP contribution in [0.3, 0.4) is 0 Å². The molecule has 134 valence electrons. The zero-order valence-corrected chi connectivity index (χ0v) is 14.1. The summed E-state index contributed by atoms with van der Waals surface area (Å²) in [4.78, 5) is 24.1. The largest absolute Gasteiger partial charge is 0.454 e. The fourth-order valence-corrected chi connectivity index (χ4v) is 3.92. The summed E-state index contributed by atoms with van der Waals surface area (Å²) in [7, 11) is 0. The van der Waals surface area contributed by atoms with Crippen LogP contribution in [0.2, 0.25) is 0 Å². The highest BCUT2D eigenvalue weighted by atomic mass is 16.9. The van der Waals surface area contributed by atoms with E-state index in [4.69, 9.17) is 23.7 Å². The molecule has 4 aliphatic rings. The van der Waals surface area contributed by atoms with Crippen LogP contribution in [0, 0.1) is 5.92 Å². The predicted molar refractivity (Wildman–Crippen MR) is 79.7 cm³/mol. The van der Waals surface area contributed by atoms with E-state index in [1.165, 1.54) is 6.42 Å². The molecule has 1 saturated carbocycles. The maximum Gasteiger partial charge on any atom is 0.350 e. The summed E-state index contributed by atoms with van der Waals surface area (Å²) in [5.41, 5.74) is 0. The first-order chi connectivity index (χ1) is 11.5. The number of rotatable bonds is 3. The summed E-state index contributed by atoms with van der Waals surface area (Å²) >= 11 is 0. The molecule has 3 saturated heterocycles. The molecular formula is C17H24O7. The molecule has 24 heavy (non-hydrogen) atoms. The number of fused-ring (bicyclic) bond motifs is 3. The average Bonchev–Trinajstić information content (AvgIpc) is 3.17. The van der Waals surface area contributed by atoms with E-state index in [1.54, 1.807) is 6.92 Å². The Balaban J connectivity index is 1.44. The first kappa shape index (κ1) is 16.3. The van der Waals surface area contributed by atoms with Crippen LogP contribution >= 0.6 is 0 Å². The van der Waals surface area contributed by atoms with Crippen molar-refractivity contribution in [3.05, 3.63) is 0 Å². The standard InChI is InChI=1S/C17H24O7/c1-3-9(2)14(18)21-12-10-11(20-15(12)19)13-16(22-10)24-17(23-13)7-5-4-6-8-17/h9-13,16H,3-8H2,1-2H3/t9?,10-,11-,12?,13+,16+/m0/s1. The lowest BCUT2D eigenvalue weighted by atomic mass is 9.94. The fraction of sp³-hybridized carbons (Fsp3) is 0.882. The molecule has 2 unspecified atom stereocenters. The van der Waals surface area contributed by atoms with Crippen LogP contribution in [0.15, 0.2) is 0 Å². The zero-order chi connectivity index (χ0) is 16.9. The lowest BCUT2D eigenvalue weighted by Gasteiger charge is -2.33. The molecule has 4 rings (SSSR count). The van der Waals surface area contributed by atoms with Crippen molar-refractivity contribution in [3.63, 3.8) is 0 Å². The molecule has 0 N–H and O–H groups in total. The van der Waals surface area contributed by atoms with Crippen molar-refractivity contribution in [1.29, 1.82) is 0 Å². The second-order valence-corrected chi connectivity index (χ2v) is 7.21. The molecule has 0 bridgehead atoms.